The molecular weight excluding hydrogens is 543 g/mol. The molecule has 1 unspecified atom stereocenters. The first kappa shape index (κ1) is 28.9. The maximum atomic E-state index is 14.4. The van der Waals surface area contributed by atoms with E-state index >= 15 is 0 Å². The van der Waals surface area contributed by atoms with Crippen molar-refractivity contribution in [3.05, 3.63) is 59.9 Å². The normalized spacial score (nSPS) is 23.6. The summed E-state index contributed by atoms with van der Waals surface area (Å²) in [7, 11) is -3.68. The van der Waals surface area contributed by atoms with Gasteiger partial charge < -0.3 is 20.2 Å². The van der Waals surface area contributed by atoms with E-state index in [2.05, 4.69) is 21.2 Å². The number of nitrogens with one attached hydrogen (secondary N) is 1. The number of nitriles is 1. The number of anilines is 1. The average Bonchev–Trinajstić information content (AvgIpc) is 3.40. The van der Waals surface area contributed by atoms with Crippen LogP contribution >= 0.6 is 0 Å². The Hall–Kier alpha value is -3.60. The summed E-state index contributed by atoms with van der Waals surface area (Å²) in [6, 6.07) is 15.3. The van der Waals surface area contributed by atoms with Gasteiger partial charge in [0, 0.05) is 48.5 Å². The van der Waals surface area contributed by atoms with Gasteiger partial charge in [-0.25, -0.2) is 17.6 Å². The molecule has 8 nitrogen and oxygen atoms in total. The Morgan fingerprint density at radius 2 is 1.83 bits per heavy atom. The molecule has 3 fully saturated rings. The molecule has 2 N–H and O–H groups in total. The maximum absolute atomic E-state index is 14.4. The van der Waals surface area contributed by atoms with Crippen LogP contribution in [0.15, 0.2) is 53.4 Å². The van der Waals surface area contributed by atoms with Crippen LogP contribution < -0.4 is 10.2 Å². The Bertz CT molecular complexity index is 1450. The molecule has 3 aliphatic rings. The molecule has 1 aliphatic carbocycles. The van der Waals surface area contributed by atoms with Gasteiger partial charge in [0.15, 0.2) is 0 Å². The molecule has 216 valence electrons. The smallest absolute Gasteiger partial charge is 0.404 e. The molecule has 0 bridgehead atoms. The van der Waals surface area contributed by atoms with Gasteiger partial charge in [0.1, 0.15) is 5.82 Å². The third kappa shape index (κ3) is 5.77. The zero-order valence-electron chi connectivity index (χ0n) is 22.9. The Balaban J connectivity index is 1.23. The van der Waals surface area contributed by atoms with Crippen molar-refractivity contribution in [1.29, 1.82) is 5.26 Å². The Labute approximate surface area is 241 Å². The van der Waals surface area contributed by atoms with Gasteiger partial charge in [-0.3, -0.25) is 0 Å². The predicted molar refractivity (Wildman–Crippen MR) is 153 cm³/mol. The summed E-state index contributed by atoms with van der Waals surface area (Å²) in [5.74, 6) is -0.141. The number of likely N-dealkylation sites (tertiary alicyclic amines) is 1. The number of carboxylic acid groups (broad SMARTS) is 1. The molecule has 3 atom stereocenters. The molecule has 0 spiro atoms. The van der Waals surface area contributed by atoms with Crippen LogP contribution in [0.5, 0.6) is 0 Å². The van der Waals surface area contributed by atoms with Crippen molar-refractivity contribution in [3.8, 4) is 17.7 Å². The van der Waals surface area contributed by atoms with Crippen LogP contribution in [0.2, 0.25) is 0 Å². The van der Waals surface area contributed by atoms with Crippen LogP contribution in [0.3, 0.4) is 0 Å². The van der Waals surface area contributed by atoms with E-state index in [4.69, 9.17) is 6.42 Å². The largest absolute Gasteiger partial charge is 0.465 e. The van der Waals surface area contributed by atoms with Crippen LogP contribution in [0, 0.1) is 46.6 Å². The minimum absolute atomic E-state index is 0.0116. The predicted octanol–water partition coefficient (Wildman–Crippen LogP) is 4.24. The average molecular weight is 579 g/mol. The molecule has 5 rings (SSSR count). The summed E-state index contributed by atoms with van der Waals surface area (Å²) in [5.41, 5.74) is 0.647. The molecule has 2 saturated heterocycles. The molecule has 0 aromatic heterocycles. The minimum atomic E-state index is -3.68. The van der Waals surface area contributed by atoms with Crippen molar-refractivity contribution in [1.82, 2.24) is 10.2 Å². The highest BCUT2D eigenvalue weighted by molar-refractivity contribution is 7.96. The Morgan fingerprint density at radius 3 is 2.44 bits per heavy atom. The molecule has 2 aromatic rings. The number of nitrogens with zero attached hydrogens (tertiary/aromatic N) is 3. The van der Waals surface area contributed by atoms with Gasteiger partial charge in [-0.1, -0.05) is 18.6 Å². The van der Waals surface area contributed by atoms with Gasteiger partial charge in [-0.2, -0.15) is 5.26 Å². The fourth-order valence-electron chi connectivity index (χ4n) is 7.31. The van der Waals surface area contributed by atoms with E-state index in [1.54, 1.807) is 30.3 Å². The summed E-state index contributed by atoms with van der Waals surface area (Å²) in [5, 5.41) is 24.7. The number of halogens is 1. The first-order valence-electron chi connectivity index (χ1n) is 14.1. The lowest BCUT2D eigenvalue weighted by atomic mass is 9.59. The lowest BCUT2D eigenvalue weighted by molar-refractivity contribution is 0.0949. The van der Waals surface area contributed by atoms with Crippen molar-refractivity contribution in [2.75, 3.05) is 37.6 Å². The van der Waals surface area contributed by atoms with Crippen molar-refractivity contribution >= 4 is 21.6 Å². The second-order valence-electron chi connectivity index (χ2n) is 11.5. The second-order valence-corrected chi connectivity index (χ2v) is 13.3. The number of piperidine rings is 1. The highest BCUT2D eigenvalue weighted by Crippen LogP contribution is 2.50. The van der Waals surface area contributed by atoms with Crippen molar-refractivity contribution in [2.45, 2.75) is 48.5 Å². The van der Waals surface area contributed by atoms with E-state index < -0.39 is 21.3 Å². The van der Waals surface area contributed by atoms with E-state index in [1.807, 2.05) is 11.3 Å². The van der Waals surface area contributed by atoms with Gasteiger partial charge in [-0.05, 0) is 86.7 Å². The summed E-state index contributed by atoms with van der Waals surface area (Å²) in [6.45, 7) is 4.32. The molecule has 2 aliphatic heterocycles. The number of amides is 1. The molecule has 1 saturated carbocycles. The zero-order valence-corrected chi connectivity index (χ0v) is 23.7. The van der Waals surface area contributed by atoms with Crippen LogP contribution in [0.25, 0.3) is 0 Å². The van der Waals surface area contributed by atoms with E-state index in [0.29, 0.717) is 17.9 Å². The summed E-state index contributed by atoms with van der Waals surface area (Å²) >= 11 is 0. The van der Waals surface area contributed by atoms with Crippen LogP contribution in [-0.4, -0.2) is 63.3 Å². The Morgan fingerprint density at radius 1 is 1.12 bits per heavy atom. The van der Waals surface area contributed by atoms with Gasteiger partial charge in [0.25, 0.3) is 0 Å². The number of sulfone groups is 1. The number of benzene rings is 2. The molecule has 1 amide bonds. The third-order valence-electron chi connectivity index (χ3n) is 9.27. The molecular formula is C31H35FN4O4S. The van der Waals surface area contributed by atoms with E-state index in [1.165, 1.54) is 12.1 Å². The van der Waals surface area contributed by atoms with Crippen LogP contribution in [0.4, 0.5) is 14.9 Å². The Kier molecular flexibility index (Phi) is 8.26. The topological polar surface area (TPSA) is 114 Å². The summed E-state index contributed by atoms with van der Waals surface area (Å²) in [4.78, 5) is 16.3. The summed E-state index contributed by atoms with van der Waals surface area (Å²) < 4.78 is 38.1. The number of terminal acetylenes is 1. The second kappa shape index (κ2) is 11.7. The van der Waals surface area contributed by atoms with Crippen LogP contribution in [0.1, 0.15) is 37.7 Å². The SMILES string of the molecule is C#CS(=O)(=O)c1ccc(N2CC(CN3CCC(C(C#N)(c4cccc(F)c4)[C@H]4CCC[C@@H]4NC(=O)O)CC3)C2)cc1. The highest BCUT2D eigenvalue weighted by Gasteiger charge is 2.52. The van der Waals surface area contributed by atoms with E-state index in [-0.39, 0.29) is 28.6 Å². The quantitative estimate of drug-likeness (QED) is 0.356. The monoisotopic (exact) mass is 578 g/mol. The fraction of sp³-hybridized carbons (Fsp3) is 0.484. The standard InChI is InChI=1S/C31H35FN4O4S/c1-2-41(39,40)27-11-9-26(10-12-27)36-19-22(20-36)18-35-15-13-23(14-16-35)31(21-33,24-5-3-6-25(32)17-24)28-7-4-8-29(28)34-30(37)38/h1,3,5-6,9-12,17,22-23,28-29,34H,4,7-8,13-16,18-20H2,(H,37,38)/t28-,29-,31?/m0/s1. The summed E-state index contributed by atoms with van der Waals surface area (Å²) in [6.07, 6.45) is 7.80. The molecule has 41 heavy (non-hydrogen) atoms. The van der Waals surface area contributed by atoms with Gasteiger partial charge in [-0.15, -0.1) is 6.42 Å². The molecule has 0 radical (unpaired) electrons. The van der Waals surface area contributed by atoms with E-state index in [0.717, 1.165) is 64.1 Å². The zero-order chi connectivity index (χ0) is 29.2. The van der Waals surface area contributed by atoms with Gasteiger partial charge >= 0.3 is 6.09 Å². The van der Waals surface area contributed by atoms with Crippen molar-refractivity contribution in [2.24, 2.45) is 17.8 Å². The first-order valence-corrected chi connectivity index (χ1v) is 15.6. The number of hydrogen-bond donors (Lipinski definition) is 2. The number of carbonyl (C=O) groups is 1. The molecule has 10 heteroatoms. The van der Waals surface area contributed by atoms with Crippen molar-refractivity contribution < 1.29 is 22.7 Å². The first-order chi connectivity index (χ1) is 19.7. The van der Waals surface area contributed by atoms with Crippen LogP contribution in [-0.2, 0) is 15.3 Å². The lowest BCUT2D eigenvalue weighted by Gasteiger charge is -2.48. The number of rotatable bonds is 8. The van der Waals surface area contributed by atoms with Gasteiger partial charge in [0.2, 0.25) is 9.84 Å². The third-order valence-corrected chi connectivity index (χ3v) is 10.5. The van der Waals surface area contributed by atoms with Gasteiger partial charge in [0.05, 0.1) is 16.4 Å². The fourth-order valence-corrected chi connectivity index (χ4v) is 7.94. The minimum Gasteiger partial charge on any atom is -0.465 e. The molecule has 2 aromatic carbocycles. The van der Waals surface area contributed by atoms with E-state index in [9.17, 15) is 28.0 Å². The highest BCUT2D eigenvalue weighted by atomic mass is 32.2. The molecule has 2 heterocycles. The maximum Gasteiger partial charge on any atom is 0.404 e. The lowest BCUT2D eigenvalue weighted by Crippen LogP contribution is -2.55. The van der Waals surface area contributed by atoms with Crippen molar-refractivity contribution in [3.63, 3.8) is 0 Å². The number of hydrogen-bond acceptors (Lipinski definition) is 6.